The summed E-state index contributed by atoms with van der Waals surface area (Å²) in [5.41, 5.74) is 4.46. The number of aromatic carboxylic acids is 1. The molecule has 5 heteroatoms. The largest absolute Gasteiger partial charge is 0.508 e. The second-order valence-electron chi connectivity index (χ2n) is 6.56. The summed E-state index contributed by atoms with van der Waals surface area (Å²) >= 11 is 0. The first-order chi connectivity index (χ1) is 13.0. The Bertz CT molecular complexity index is 915. The third-order valence-corrected chi connectivity index (χ3v) is 4.42. The SMILES string of the molecule is O=C(O)c1ccc(CCc2cncc(CCc3cc(O)cc(O)c3)c2)cc1. The number of rotatable bonds is 7. The number of phenolic OH excluding ortho intramolecular Hbond substituents is 2. The van der Waals surface area contributed by atoms with E-state index in [2.05, 4.69) is 11.1 Å². The van der Waals surface area contributed by atoms with Crippen LogP contribution in [-0.4, -0.2) is 26.3 Å². The second kappa shape index (κ2) is 8.36. The molecule has 0 amide bonds. The highest BCUT2D eigenvalue weighted by Gasteiger charge is 2.04. The normalized spacial score (nSPS) is 10.7. The van der Waals surface area contributed by atoms with E-state index in [4.69, 9.17) is 5.11 Å². The van der Waals surface area contributed by atoms with Gasteiger partial charge < -0.3 is 15.3 Å². The predicted octanol–water partition coefficient (Wildman–Crippen LogP) is 3.76. The van der Waals surface area contributed by atoms with Gasteiger partial charge in [-0.05, 0) is 72.2 Å². The fourth-order valence-electron chi connectivity index (χ4n) is 3.01. The van der Waals surface area contributed by atoms with Crippen molar-refractivity contribution in [2.45, 2.75) is 25.7 Å². The molecule has 0 aliphatic carbocycles. The summed E-state index contributed by atoms with van der Waals surface area (Å²) in [6, 6.07) is 13.7. The molecule has 2 aromatic carbocycles. The average molecular weight is 363 g/mol. The van der Waals surface area contributed by atoms with E-state index in [1.165, 1.54) is 6.07 Å². The number of phenols is 2. The van der Waals surface area contributed by atoms with Crippen LogP contribution in [0.25, 0.3) is 0 Å². The van der Waals surface area contributed by atoms with E-state index in [1.807, 2.05) is 24.5 Å². The van der Waals surface area contributed by atoms with E-state index < -0.39 is 5.97 Å². The summed E-state index contributed by atoms with van der Waals surface area (Å²) < 4.78 is 0. The first-order valence-electron chi connectivity index (χ1n) is 8.76. The third-order valence-electron chi connectivity index (χ3n) is 4.42. The average Bonchev–Trinajstić information content (AvgIpc) is 2.65. The third kappa shape index (κ3) is 5.31. The van der Waals surface area contributed by atoms with E-state index in [9.17, 15) is 15.0 Å². The Morgan fingerprint density at radius 2 is 1.22 bits per heavy atom. The molecule has 0 bridgehead atoms. The Morgan fingerprint density at radius 3 is 1.78 bits per heavy atom. The van der Waals surface area contributed by atoms with Crippen LogP contribution < -0.4 is 0 Å². The van der Waals surface area contributed by atoms with Crippen LogP contribution in [0.4, 0.5) is 0 Å². The topological polar surface area (TPSA) is 90.7 Å². The van der Waals surface area contributed by atoms with Crippen LogP contribution in [0.5, 0.6) is 11.5 Å². The molecule has 5 nitrogen and oxygen atoms in total. The molecule has 0 saturated carbocycles. The van der Waals surface area contributed by atoms with Gasteiger partial charge in [0.25, 0.3) is 0 Å². The van der Waals surface area contributed by atoms with Crippen molar-refractivity contribution >= 4 is 5.97 Å². The van der Waals surface area contributed by atoms with Crippen molar-refractivity contribution in [1.82, 2.24) is 4.98 Å². The predicted molar refractivity (Wildman–Crippen MR) is 102 cm³/mol. The van der Waals surface area contributed by atoms with Gasteiger partial charge in [-0.1, -0.05) is 18.2 Å². The van der Waals surface area contributed by atoms with Crippen molar-refractivity contribution in [2.75, 3.05) is 0 Å². The number of hydrogen-bond acceptors (Lipinski definition) is 4. The lowest BCUT2D eigenvalue weighted by molar-refractivity contribution is 0.0697. The van der Waals surface area contributed by atoms with Crippen LogP contribution >= 0.6 is 0 Å². The van der Waals surface area contributed by atoms with E-state index >= 15 is 0 Å². The molecule has 3 N–H and O–H groups in total. The van der Waals surface area contributed by atoms with Crippen LogP contribution in [0.15, 0.2) is 60.9 Å². The fourth-order valence-corrected chi connectivity index (χ4v) is 3.01. The number of carboxylic acid groups (broad SMARTS) is 1. The smallest absolute Gasteiger partial charge is 0.335 e. The Kier molecular flexibility index (Phi) is 5.71. The van der Waals surface area contributed by atoms with Crippen molar-refractivity contribution in [3.8, 4) is 11.5 Å². The van der Waals surface area contributed by atoms with E-state index in [-0.39, 0.29) is 11.5 Å². The van der Waals surface area contributed by atoms with Gasteiger partial charge in [0, 0.05) is 18.5 Å². The highest BCUT2D eigenvalue weighted by atomic mass is 16.4. The summed E-state index contributed by atoms with van der Waals surface area (Å²) in [7, 11) is 0. The molecular formula is C22H21NO4. The van der Waals surface area contributed by atoms with E-state index in [1.54, 1.807) is 24.3 Å². The first kappa shape index (κ1) is 18.5. The highest BCUT2D eigenvalue weighted by Crippen LogP contribution is 2.21. The fraction of sp³-hybridized carbons (Fsp3) is 0.182. The van der Waals surface area contributed by atoms with Gasteiger partial charge >= 0.3 is 5.97 Å². The van der Waals surface area contributed by atoms with Gasteiger partial charge in [0.15, 0.2) is 0 Å². The molecule has 1 heterocycles. The molecule has 0 saturated heterocycles. The number of aromatic nitrogens is 1. The molecule has 0 aliphatic heterocycles. The molecule has 0 aliphatic rings. The molecule has 27 heavy (non-hydrogen) atoms. The molecule has 0 atom stereocenters. The second-order valence-corrected chi connectivity index (χ2v) is 6.56. The van der Waals surface area contributed by atoms with E-state index in [0.717, 1.165) is 41.5 Å². The number of hydrogen-bond donors (Lipinski definition) is 3. The number of aromatic hydroxyl groups is 2. The summed E-state index contributed by atoms with van der Waals surface area (Å²) in [5.74, 6) is -0.796. The Hall–Kier alpha value is -3.34. The monoisotopic (exact) mass is 363 g/mol. The number of carbonyl (C=O) groups is 1. The van der Waals surface area contributed by atoms with Crippen molar-refractivity contribution in [3.63, 3.8) is 0 Å². The van der Waals surface area contributed by atoms with Crippen molar-refractivity contribution in [1.29, 1.82) is 0 Å². The lowest BCUT2D eigenvalue weighted by Crippen LogP contribution is -1.98. The zero-order chi connectivity index (χ0) is 19.2. The maximum absolute atomic E-state index is 10.9. The standard InChI is InChI=1S/C22H21NO4/c24-20-10-16(11-21(25)12-20)2-4-18-9-17(13-23-14-18)3-1-15-5-7-19(8-6-15)22(26)27/h5-14,24-25H,1-4H2,(H,26,27). The maximum atomic E-state index is 10.9. The van der Waals surface area contributed by atoms with E-state index in [0.29, 0.717) is 12.0 Å². The summed E-state index contributed by atoms with van der Waals surface area (Å²) in [6.07, 6.45) is 6.76. The van der Waals surface area contributed by atoms with Gasteiger partial charge in [-0.3, -0.25) is 4.98 Å². The number of aryl methyl sites for hydroxylation is 4. The van der Waals surface area contributed by atoms with Gasteiger partial charge in [-0.15, -0.1) is 0 Å². The molecular weight excluding hydrogens is 342 g/mol. The number of nitrogens with zero attached hydrogens (tertiary/aromatic N) is 1. The zero-order valence-electron chi connectivity index (χ0n) is 14.8. The van der Waals surface area contributed by atoms with Gasteiger partial charge in [-0.25, -0.2) is 4.79 Å². The number of benzene rings is 2. The zero-order valence-corrected chi connectivity index (χ0v) is 14.8. The molecule has 3 rings (SSSR count). The van der Waals surface area contributed by atoms with Gasteiger partial charge in [0.1, 0.15) is 11.5 Å². The van der Waals surface area contributed by atoms with Crippen molar-refractivity contribution < 1.29 is 20.1 Å². The minimum Gasteiger partial charge on any atom is -0.508 e. The molecule has 0 radical (unpaired) electrons. The van der Waals surface area contributed by atoms with Crippen LogP contribution in [0, 0.1) is 0 Å². The Morgan fingerprint density at radius 1 is 0.704 bits per heavy atom. The van der Waals surface area contributed by atoms with Crippen LogP contribution in [0.1, 0.15) is 32.6 Å². The molecule has 3 aromatic rings. The first-order valence-corrected chi connectivity index (χ1v) is 8.76. The molecule has 138 valence electrons. The lowest BCUT2D eigenvalue weighted by atomic mass is 10.0. The van der Waals surface area contributed by atoms with Crippen molar-refractivity contribution in [3.05, 3.63) is 88.7 Å². The van der Waals surface area contributed by atoms with Crippen molar-refractivity contribution in [2.24, 2.45) is 0 Å². The quantitative estimate of drug-likeness (QED) is 0.594. The summed E-state index contributed by atoms with van der Waals surface area (Å²) in [6.45, 7) is 0. The van der Waals surface area contributed by atoms with Gasteiger partial charge in [0.05, 0.1) is 5.56 Å². The Labute approximate surface area is 157 Å². The molecule has 0 unspecified atom stereocenters. The molecule has 0 fully saturated rings. The minimum atomic E-state index is -0.918. The summed E-state index contributed by atoms with van der Waals surface area (Å²) in [4.78, 5) is 15.2. The highest BCUT2D eigenvalue weighted by molar-refractivity contribution is 5.87. The minimum absolute atomic E-state index is 0.0609. The molecule has 1 aromatic heterocycles. The summed E-state index contributed by atoms with van der Waals surface area (Å²) in [5, 5.41) is 28.1. The number of pyridine rings is 1. The van der Waals surface area contributed by atoms with Crippen LogP contribution in [0.2, 0.25) is 0 Å². The van der Waals surface area contributed by atoms with Crippen LogP contribution in [0.3, 0.4) is 0 Å². The lowest BCUT2D eigenvalue weighted by Gasteiger charge is -2.07. The number of carboxylic acids is 1. The Balaban J connectivity index is 1.59. The van der Waals surface area contributed by atoms with Gasteiger partial charge in [0.2, 0.25) is 0 Å². The van der Waals surface area contributed by atoms with Crippen LogP contribution in [-0.2, 0) is 25.7 Å². The van der Waals surface area contributed by atoms with Gasteiger partial charge in [-0.2, -0.15) is 0 Å². The maximum Gasteiger partial charge on any atom is 0.335 e. The molecule has 0 spiro atoms.